The van der Waals surface area contributed by atoms with Gasteiger partial charge in [0.1, 0.15) is 17.1 Å². The zero-order chi connectivity index (χ0) is 23.4. The van der Waals surface area contributed by atoms with Crippen LogP contribution in [0.3, 0.4) is 0 Å². The van der Waals surface area contributed by atoms with Gasteiger partial charge in [0.05, 0.1) is 0 Å². The molecule has 170 valence electrons. The van der Waals surface area contributed by atoms with Crippen LogP contribution in [0.25, 0.3) is 0 Å². The molecular formula is C24H33NO6. The molecule has 0 radical (unpaired) electrons. The molecule has 0 aliphatic rings. The minimum absolute atomic E-state index is 0.206. The molecule has 0 spiro atoms. The van der Waals surface area contributed by atoms with E-state index in [2.05, 4.69) is 12.2 Å². The fourth-order valence-electron chi connectivity index (χ4n) is 2.93. The summed E-state index contributed by atoms with van der Waals surface area (Å²) in [4.78, 5) is 35.4. The van der Waals surface area contributed by atoms with Gasteiger partial charge in [0.2, 0.25) is 0 Å². The summed E-state index contributed by atoms with van der Waals surface area (Å²) in [6, 6.07) is 1.30. The van der Waals surface area contributed by atoms with E-state index in [0.29, 0.717) is 18.4 Å². The van der Waals surface area contributed by atoms with E-state index in [1.807, 2.05) is 19.9 Å². The molecule has 0 aliphatic heterocycles. The first kappa shape index (κ1) is 25.9. The minimum atomic E-state index is -1.15. The number of carboxylic acid groups (broad SMARTS) is 1. The summed E-state index contributed by atoms with van der Waals surface area (Å²) < 4.78 is 5.30. The largest absolute Gasteiger partial charge is 0.507 e. The summed E-state index contributed by atoms with van der Waals surface area (Å²) in [6.45, 7) is 7.56. The predicted molar refractivity (Wildman–Crippen MR) is 121 cm³/mol. The Bertz CT molecular complexity index is 907. The molecule has 0 saturated heterocycles. The number of Topliss-reactive ketones (excluding diaryl/α,β-unsaturated/α-hetero) is 1. The van der Waals surface area contributed by atoms with Crippen molar-refractivity contribution >= 4 is 11.9 Å². The summed E-state index contributed by atoms with van der Waals surface area (Å²) >= 11 is 0. The molecule has 0 aromatic carbocycles. The Labute approximate surface area is 183 Å². The maximum Gasteiger partial charge on any atom is 0.408 e. The number of allylic oxidation sites excluding steroid dienone is 5. The molecule has 0 bridgehead atoms. The van der Waals surface area contributed by atoms with Gasteiger partial charge < -0.3 is 14.6 Å². The van der Waals surface area contributed by atoms with Gasteiger partial charge in [-0.25, -0.2) is 9.59 Å². The Hall–Kier alpha value is -3.09. The van der Waals surface area contributed by atoms with Gasteiger partial charge in [0, 0.05) is 18.2 Å². The number of nitrogens with one attached hydrogen (secondary N) is 1. The number of hydrogen-bond donors (Lipinski definition) is 3. The highest BCUT2D eigenvalue weighted by Crippen LogP contribution is 2.26. The molecule has 7 heteroatoms. The highest BCUT2D eigenvalue weighted by Gasteiger charge is 2.21. The highest BCUT2D eigenvalue weighted by atomic mass is 16.4. The lowest BCUT2D eigenvalue weighted by molar-refractivity contribution is 0.102. The van der Waals surface area contributed by atoms with Crippen LogP contribution in [0.5, 0.6) is 5.75 Å². The number of amides is 1. The van der Waals surface area contributed by atoms with Crippen molar-refractivity contribution in [1.82, 2.24) is 5.32 Å². The van der Waals surface area contributed by atoms with Crippen molar-refractivity contribution in [1.29, 1.82) is 0 Å². The molecule has 1 aromatic rings. The molecular weight excluding hydrogens is 398 g/mol. The number of aromatic hydroxyl groups is 1. The molecule has 3 N–H and O–H groups in total. The zero-order valence-electron chi connectivity index (χ0n) is 18.7. The van der Waals surface area contributed by atoms with Crippen molar-refractivity contribution < 1.29 is 24.2 Å². The molecule has 0 saturated carbocycles. The average Bonchev–Trinajstić information content (AvgIpc) is 2.70. The van der Waals surface area contributed by atoms with Crippen molar-refractivity contribution in [3.05, 3.63) is 63.4 Å². The van der Waals surface area contributed by atoms with Crippen LogP contribution in [0.1, 0.15) is 88.3 Å². The number of rotatable bonds is 12. The van der Waals surface area contributed by atoms with Gasteiger partial charge in [-0.05, 0) is 45.1 Å². The summed E-state index contributed by atoms with van der Waals surface area (Å²) in [5.74, 6) is -0.900. The Morgan fingerprint density at radius 2 is 1.94 bits per heavy atom. The first-order valence-electron chi connectivity index (χ1n) is 10.6. The number of unbranched alkanes of at least 4 members (excludes halogenated alkanes) is 2. The van der Waals surface area contributed by atoms with Crippen LogP contribution in [0, 0.1) is 0 Å². The van der Waals surface area contributed by atoms with Crippen LogP contribution in [-0.2, 0) is 0 Å². The van der Waals surface area contributed by atoms with E-state index in [1.54, 1.807) is 19.1 Å². The van der Waals surface area contributed by atoms with Crippen molar-refractivity contribution in [2.75, 3.05) is 0 Å². The van der Waals surface area contributed by atoms with E-state index < -0.39 is 23.3 Å². The lowest BCUT2D eigenvalue weighted by Crippen LogP contribution is -2.16. The third-order valence-electron chi connectivity index (χ3n) is 4.90. The van der Waals surface area contributed by atoms with Gasteiger partial charge in [-0.2, -0.15) is 0 Å². The second-order valence-corrected chi connectivity index (χ2v) is 7.68. The highest BCUT2D eigenvalue weighted by molar-refractivity contribution is 6.09. The summed E-state index contributed by atoms with van der Waals surface area (Å²) in [7, 11) is 0. The fraction of sp³-hybridized carbons (Fsp3) is 0.458. The number of ketones is 1. The topological polar surface area (TPSA) is 117 Å². The number of carbonyl (C=O) groups excluding carboxylic acids is 1. The van der Waals surface area contributed by atoms with Gasteiger partial charge in [0.25, 0.3) is 0 Å². The molecule has 1 aromatic heterocycles. The summed E-state index contributed by atoms with van der Waals surface area (Å²) in [5.41, 5.74) is 0.251. The monoisotopic (exact) mass is 431 g/mol. The SMILES string of the molecule is CCCCC/C(C)=C\C=C(/C)C(=O)c1c(O)cc(C(C)CC/C=C/NC(=O)O)oc1=O. The average molecular weight is 432 g/mol. The van der Waals surface area contributed by atoms with Crippen LogP contribution in [-0.4, -0.2) is 22.1 Å². The lowest BCUT2D eigenvalue weighted by atomic mass is 9.99. The van der Waals surface area contributed by atoms with E-state index in [4.69, 9.17) is 9.52 Å². The maximum atomic E-state index is 12.7. The van der Waals surface area contributed by atoms with Crippen LogP contribution in [0.2, 0.25) is 0 Å². The van der Waals surface area contributed by atoms with Crippen molar-refractivity contribution in [3.8, 4) is 5.75 Å². The molecule has 0 aliphatic carbocycles. The van der Waals surface area contributed by atoms with Crippen molar-refractivity contribution in [2.24, 2.45) is 0 Å². The van der Waals surface area contributed by atoms with Crippen molar-refractivity contribution in [3.63, 3.8) is 0 Å². The maximum absolute atomic E-state index is 12.7. The number of hydrogen-bond acceptors (Lipinski definition) is 5. The Morgan fingerprint density at radius 1 is 1.23 bits per heavy atom. The lowest BCUT2D eigenvalue weighted by Gasteiger charge is -2.11. The smallest absolute Gasteiger partial charge is 0.408 e. The molecule has 1 rings (SSSR count). The van der Waals surface area contributed by atoms with Gasteiger partial charge >= 0.3 is 11.7 Å². The molecule has 7 nitrogen and oxygen atoms in total. The minimum Gasteiger partial charge on any atom is -0.507 e. The second kappa shape index (κ2) is 13.3. The molecule has 1 unspecified atom stereocenters. The second-order valence-electron chi connectivity index (χ2n) is 7.68. The zero-order valence-corrected chi connectivity index (χ0v) is 18.7. The molecule has 31 heavy (non-hydrogen) atoms. The standard InChI is InChI=1S/C24H33NO6/c1-5-6-7-10-16(2)12-13-18(4)22(27)21-19(26)15-20(31-23(21)28)17(3)11-8-9-14-25-24(29)30/h9,12-15,17,25-26H,5-8,10-11H2,1-4H3,(H,29,30)/b14-9+,16-12-,18-13+. The van der Waals surface area contributed by atoms with E-state index in [-0.39, 0.29) is 17.2 Å². The van der Waals surface area contributed by atoms with E-state index in [1.165, 1.54) is 12.3 Å². The van der Waals surface area contributed by atoms with Crippen molar-refractivity contribution in [2.45, 2.75) is 72.1 Å². The predicted octanol–water partition coefficient (Wildman–Crippen LogP) is 5.67. The van der Waals surface area contributed by atoms with Crippen LogP contribution in [0.15, 0.2) is 50.9 Å². The molecule has 1 amide bonds. The Kier molecular flexibility index (Phi) is 11.1. The van der Waals surface area contributed by atoms with Crippen LogP contribution in [0.4, 0.5) is 4.79 Å². The van der Waals surface area contributed by atoms with Gasteiger partial charge in [-0.15, -0.1) is 0 Å². The summed E-state index contributed by atoms with van der Waals surface area (Å²) in [5, 5.41) is 20.9. The molecule has 1 atom stereocenters. The van der Waals surface area contributed by atoms with Crippen LogP contribution < -0.4 is 10.9 Å². The molecule has 1 heterocycles. The fourth-order valence-corrected chi connectivity index (χ4v) is 2.93. The Balaban J connectivity index is 2.88. The summed E-state index contributed by atoms with van der Waals surface area (Å²) in [6.07, 6.45) is 10.8. The van der Waals surface area contributed by atoms with Gasteiger partial charge in [-0.3, -0.25) is 10.1 Å². The Morgan fingerprint density at radius 3 is 2.55 bits per heavy atom. The third-order valence-corrected chi connectivity index (χ3v) is 4.90. The van der Waals surface area contributed by atoms with E-state index in [0.717, 1.165) is 31.3 Å². The molecule has 0 fully saturated rings. The van der Waals surface area contributed by atoms with Crippen LogP contribution >= 0.6 is 0 Å². The number of carbonyl (C=O) groups is 2. The van der Waals surface area contributed by atoms with Gasteiger partial charge in [0.15, 0.2) is 5.78 Å². The normalized spacial score (nSPS) is 13.4. The van der Waals surface area contributed by atoms with E-state index >= 15 is 0 Å². The van der Waals surface area contributed by atoms with Gasteiger partial charge in [-0.1, -0.05) is 50.5 Å². The first-order chi connectivity index (χ1) is 14.7. The quantitative estimate of drug-likeness (QED) is 0.170. The first-order valence-corrected chi connectivity index (χ1v) is 10.6. The van der Waals surface area contributed by atoms with E-state index in [9.17, 15) is 19.5 Å². The third kappa shape index (κ3) is 9.07.